The lowest BCUT2D eigenvalue weighted by Gasteiger charge is -2.09. The van der Waals surface area contributed by atoms with Crippen LogP contribution in [0.15, 0.2) is 54.7 Å². The second-order valence-corrected chi connectivity index (χ2v) is 6.91. The van der Waals surface area contributed by atoms with Crippen LogP contribution in [0.2, 0.25) is 5.15 Å². The van der Waals surface area contributed by atoms with Gasteiger partial charge in [0.2, 0.25) is 0 Å². The molecular formula is C21H20ClN3. The van der Waals surface area contributed by atoms with E-state index in [2.05, 4.69) is 61.4 Å². The summed E-state index contributed by atoms with van der Waals surface area (Å²) in [5, 5.41) is 13.6. The molecule has 0 radical (unpaired) electrons. The van der Waals surface area contributed by atoms with Crippen molar-refractivity contribution in [2.45, 2.75) is 26.7 Å². The van der Waals surface area contributed by atoms with Gasteiger partial charge in [-0.25, -0.2) is 4.68 Å². The zero-order chi connectivity index (χ0) is 17.8. The van der Waals surface area contributed by atoms with E-state index in [1.54, 1.807) is 10.9 Å². The summed E-state index contributed by atoms with van der Waals surface area (Å²) in [4.78, 5) is 0. The van der Waals surface area contributed by atoms with Crippen molar-refractivity contribution in [1.82, 2.24) is 9.78 Å². The van der Waals surface area contributed by atoms with Gasteiger partial charge in [0.25, 0.3) is 0 Å². The van der Waals surface area contributed by atoms with Gasteiger partial charge in [-0.1, -0.05) is 61.8 Å². The maximum Gasteiger partial charge on any atom is 0.137 e. The fourth-order valence-corrected chi connectivity index (χ4v) is 3.15. The highest BCUT2D eigenvalue weighted by molar-refractivity contribution is 6.30. The van der Waals surface area contributed by atoms with Gasteiger partial charge in [0.1, 0.15) is 5.15 Å². The summed E-state index contributed by atoms with van der Waals surface area (Å²) in [7, 11) is 0. The number of hydrogen-bond donors (Lipinski definition) is 0. The minimum atomic E-state index is 0.263. The predicted octanol–water partition coefficient (Wildman–Crippen LogP) is 5.46. The van der Waals surface area contributed by atoms with Crippen LogP contribution in [0.5, 0.6) is 0 Å². The molecule has 0 aliphatic rings. The van der Waals surface area contributed by atoms with Gasteiger partial charge in [0.05, 0.1) is 24.4 Å². The van der Waals surface area contributed by atoms with Gasteiger partial charge in [-0.05, 0) is 41.2 Å². The fraction of sp³-hybridized carbons (Fsp3) is 0.238. The number of nitrogens with zero attached hydrogens (tertiary/aromatic N) is 3. The van der Waals surface area contributed by atoms with Crippen molar-refractivity contribution in [2.75, 3.05) is 0 Å². The molecule has 0 saturated carbocycles. The molecule has 1 aromatic heterocycles. The van der Waals surface area contributed by atoms with Crippen LogP contribution in [0.25, 0.3) is 16.8 Å². The highest BCUT2D eigenvalue weighted by Gasteiger charge is 2.10. The second-order valence-electron chi connectivity index (χ2n) is 6.55. The summed E-state index contributed by atoms with van der Waals surface area (Å²) >= 11 is 6.31. The number of nitriles is 1. The molecule has 2 aromatic carbocycles. The molecule has 0 fully saturated rings. The molecule has 0 unspecified atom stereocenters. The Balaban J connectivity index is 1.87. The monoisotopic (exact) mass is 349 g/mol. The lowest BCUT2D eigenvalue weighted by molar-refractivity contribution is 0.647. The summed E-state index contributed by atoms with van der Waals surface area (Å²) in [6.07, 6.45) is 2.99. The van der Waals surface area contributed by atoms with Crippen molar-refractivity contribution in [3.63, 3.8) is 0 Å². The van der Waals surface area contributed by atoms with Crippen LogP contribution in [0.1, 0.15) is 25.0 Å². The molecule has 0 bridgehead atoms. The zero-order valence-corrected chi connectivity index (χ0v) is 15.2. The van der Waals surface area contributed by atoms with E-state index in [-0.39, 0.29) is 6.42 Å². The number of halogens is 1. The van der Waals surface area contributed by atoms with Crippen LogP contribution in [-0.2, 0) is 12.8 Å². The van der Waals surface area contributed by atoms with Crippen LogP contribution in [0.3, 0.4) is 0 Å². The van der Waals surface area contributed by atoms with Crippen molar-refractivity contribution in [3.8, 4) is 22.9 Å². The largest absolute Gasteiger partial charge is 0.222 e. The third-order valence-corrected chi connectivity index (χ3v) is 4.47. The van der Waals surface area contributed by atoms with Crippen molar-refractivity contribution in [2.24, 2.45) is 5.92 Å². The van der Waals surface area contributed by atoms with Crippen molar-refractivity contribution < 1.29 is 0 Å². The van der Waals surface area contributed by atoms with E-state index in [1.165, 1.54) is 11.1 Å². The second kappa shape index (κ2) is 7.55. The maximum absolute atomic E-state index is 8.82. The normalized spacial score (nSPS) is 10.8. The Hall–Kier alpha value is -2.57. The van der Waals surface area contributed by atoms with Crippen LogP contribution in [-0.4, -0.2) is 9.78 Å². The first-order chi connectivity index (χ1) is 12.1. The Labute approximate surface area is 153 Å². The van der Waals surface area contributed by atoms with Gasteiger partial charge in [-0.3, -0.25) is 0 Å². The highest BCUT2D eigenvalue weighted by Crippen LogP contribution is 2.25. The molecule has 3 rings (SSSR count). The molecule has 126 valence electrons. The smallest absolute Gasteiger partial charge is 0.137 e. The van der Waals surface area contributed by atoms with Gasteiger partial charge in [0.15, 0.2) is 0 Å². The first kappa shape index (κ1) is 17.3. The SMILES string of the molecule is CC(C)Cc1cccc(-c2ccc(-n3ncc(CC#N)c3Cl)cc2)c1. The molecule has 0 aliphatic heterocycles. The van der Waals surface area contributed by atoms with Crippen molar-refractivity contribution >= 4 is 11.6 Å². The zero-order valence-electron chi connectivity index (χ0n) is 14.4. The van der Waals surface area contributed by atoms with Crippen LogP contribution < -0.4 is 0 Å². The van der Waals surface area contributed by atoms with Gasteiger partial charge in [-0.2, -0.15) is 10.4 Å². The summed E-state index contributed by atoms with van der Waals surface area (Å²) in [6.45, 7) is 4.46. The Morgan fingerprint density at radius 1 is 1.12 bits per heavy atom. The third-order valence-electron chi connectivity index (χ3n) is 4.07. The van der Waals surface area contributed by atoms with Crippen molar-refractivity contribution in [1.29, 1.82) is 5.26 Å². The van der Waals surface area contributed by atoms with Crippen LogP contribution in [0, 0.1) is 17.2 Å². The minimum Gasteiger partial charge on any atom is -0.222 e. The van der Waals surface area contributed by atoms with Crippen LogP contribution in [0.4, 0.5) is 0 Å². The van der Waals surface area contributed by atoms with E-state index in [1.807, 2.05) is 12.1 Å². The molecule has 4 heteroatoms. The summed E-state index contributed by atoms with van der Waals surface area (Å²) in [5.41, 5.74) is 5.36. The quantitative estimate of drug-likeness (QED) is 0.614. The Morgan fingerprint density at radius 2 is 1.88 bits per heavy atom. The average Bonchev–Trinajstić information content (AvgIpc) is 2.96. The Bertz CT molecular complexity index is 902. The third kappa shape index (κ3) is 3.92. The van der Waals surface area contributed by atoms with E-state index in [4.69, 9.17) is 16.9 Å². The van der Waals surface area contributed by atoms with E-state index in [9.17, 15) is 0 Å². The molecule has 0 spiro atoms. The molecule has 0 N–H and O–H groups in total. The maximum atomic E-state index is 8.82. The number of hydrogen-bond acceptors (Lipinski definition) is 2. The summed E-state index contributed by atoms with van der Waals surface area (Å²) < 4.78 is 1.66. The Kier molecular flexibility index (Phi) is 5.21. The van der Waals surface area contributed by atoms with Crippen LogP contribution >= 0.6 is 11.6 Å². The Morgan fingerprint density at radius 3 is 2.56 bits per heavy atom. The minimum absolute atomic E-state index is 0.263. The fourth-order valence-electron chi connectivity index (χ4n) is 2.90. The molecule has 3 nitrogen and oxygen atoms in total. The van der Waals surface area contributed by atoms with Gasteiger partial charge in [-0.15, -0.1) is 0 Å². The van der Waals surface area contributed by atoms with Crippen molar-refractivity contribution in [3.05, 3.63) is 71.0 Å². The first-order valence-electron chi connectivity index (χ1n) is 8.37. The van der Waals surface area contributed by atoms with Gasteiger partial charge in [0, 0.05) is 5.56 Å². The first-order valence-corrected chi connectivity index (χ1v) is 8.75. The molecule has 0 amide bonds. The van der Waals surface area contributed by atoms with Gasteiger partial charge < -0.3 is 0 Å². The molecule has 0 atom stereocenters. The standard InChI is InChI=1S/C21H20ClN3/c1-15(2)12-16-4-3-5-18(13-16)17-6-8-20(9-7-17)25-21(22)19(10-11-23)14-24-25/h3-9,13-15H,10,12H2,1-2H3. The van der Waals surface area contributed by atoms with Gasteiger partial charge >= 0.3 is 0 Å². The molecule has 0 aliphatic carbocycles. The summed E-state index contributed by atoms with van der Waals surface area (Å²) in [6, 6.07) is 18.9. The molecule has 1 heterocycles. The van der Waals surface area contributed by atoms with E-state index < -0.39 is 0 Å². The van der Waals surface area contributed by atoms with E-state index in [0.29, 0.717) is 11.1 Å². The predicted molar refractivity (Wildman–Crippen MR) is 102 cm³/mol. The highest BCUT2D eigenvalue weighted by atomic mass is 35.5. The topological polar surface area (TPSA) is 41.6 Å². The lowest BCUT2D eigenvalue weighted by Crippen LogP contribution is -1.97. The number of rotatable bonds is 5. The molecule has 0 saturated heterocycles. The van der Waals surface area contributed by atoms with E-state index in [0.717, 1.165) is 23.2 Å². The van der Waals surface area contributed by atoms with E-state index >= 15 is 0 Å². The number of benzene rings is 2. The number of aromatic nitrogens is 2. The average molecular weight is 350 g/mol. The summed E-state index contributed by atoms with van der Waals surface area (Å²) in [5.74, 6) is 0.641. The lowest BCUT2D eigenvalue weighted by atomic mass is 9.98. The molecule has 3 aromatic rings. The molecular weight excluding hydrogens is 330 g/mol. The molecule has 25 heavy (non-hydrogen) atoms.